The fraction of sp³-hybridized carbons (Fsp3) is 0.412. The Kier molecular flexibility index (Phi) is 6.83. The minimum atomic E-state index is -5.08. The molecular formula is C17H18ClF4N3O2. The Morgan fingerprint density at radius 1 is 1.30 bits per heavy atom. The third-order valence-corrected chi connectivity index (χ3v) is 4.30. The molecule has 2 heterocycles. The van der Waals surface area contributed by atoms with Crippen molar-refractivity contribution in [2.45, 2.75) is 31.9 Å². The smallest absolute Gasteiger partial charge is 0.475 e. The first kappa shape index (κ1) is 21.2. The second kappa shape index (κ2) is 8.71. The fourth-order valence-electron chi connectivity index (χ4n) is 2.75. The Balaban J connectivity index is 0.000000321. The number of halogens is 5. The van der Waals surface area contributed by atoms with Gasteiger partial charge in [-0.2, -0.15) is 18.3 Å². The molecule has 0 atom stereocenters. The number of alkyl halides is 3. The summed E-state index contributed by atoms with van der Waals surface area (Å²) in [6, 6.07) is 6.86. The van der Waals surface area contributed by atoms with E-state index in [4.69, 9.17) is 21.5 Å². The number of nitrogens with one attached hydrogen (secondary N) is 1. The van der Waals surface area contributed by atoms with Crippen LogP contribution < -0.4 is 5.32 Å². The summed E-state index contributed by atoms with van der Waals surface area (Å²) in [5.74, 6) is -2.67. The average Bonchev–Trinajstić information content (AvgIpc) is 3.00. The highest BCUT2D eigenvalue weighted by Crippen LogP contribution is 2.29. The zero-order valence-electron chi connectivity index (χ0n) is 14.4. The normalized spacial score (nSPS) is 15.2. The summed E-state index contributed by atoms with van der Waals surface area (Å²) in [5, 5.41) is 15.2. The number of piperidine rings is 1. The predicted octanol–water partition coefficient (Wildman–Crippen LogP) is 4.07. The summed E-state index contributed by atoms with van der Waals surface area (Å²) < 4.78 is 46.9. The third-order valence-electron chi connectivity index (χ3n) is 4.01. The van der Waals surface area contributed by atoms with Crippen molar-refractivity contribution in [1.82, 2.24) is 15.1 Å². The molecule has 3 rings (SSSR count). The summed E-state index contributed by atoms with van der Waals surface area (Å²) in [4.78, 5) is 8.90. The number of aromatic nitrogens is 2. The summed E-state index contributed by atoms with van der Waals surface area (Å²) in [6.07, 6.45) is -2.89. The van der Waals surface area contributed by atoms with Crippen LogP contribution in [0.15, 0.2) is 24.3 Å². The molecule has 1 aromatic carbocycles. The molecule has 2 N–H and O–H groups in total. The molecule has 0 amide bonds. The highest BCUT2D eigenvalue weighted by atomic mass is 35.5. The Hall–Kier alpha value is -2.13. The van der Waals surface area contributed by atoms with E-state index in [1.807, 2.05) is 11.6 Å². The van der Waals surface area contributed by atoms with Gasteiger partial charge < -0.3 is 10.4 Å². The van der Waals surface area contributed by atoms with Crippen LogP contribution in [0, 0.1) is 12.7 Å². The number of nitrogens with zero attached hydrogens (tertiary/aromatic N) is 2. The van der Waals surface area contributed by atoms with Gasteiger partial charge in [-0.3, -0.25) is 0 Å². The summed E-state index contributed by atoms with van der Waals surface area (Å²) in [7, 11) is 0. The summed E-state index contributed by atoms with van der Waals surface area (Å²) in [5.41, 5.74) is 2.98. The maximum absolute atomic E-state index is 13.3. The van der Waals surface area contributed by atoms with Gasteiger partial charge in [-0.25, -0.2) is 13.9 Å². The lowest BCUT2D eigenvalue weighted by molar-refractivity contribution is -0.192. The number of carboxylic acids is 1. The van der Waals surface area contributed by atoms with Crippen molar-refractivity contribution < 1.29 is 27.5 Å². The van der Waals surface area contributed by atoms with Gasteiger partial charge in [0.25, 0.3) is 0 Å². The molecule has 1 aromatic heterocycles. The predicted molar refractivity (Wildman–Crippen MR) is 91.8 cm³/mol. The molecule has 0 saturated carbocycles. The van der Waals surface area contributed by atoms with Gasteiger partial charge in [0.15, 0.2) is 0 Å². The molecular weight excluding hydrogens is 390 g/mol. The lowest BCUT2D eigenvalue weighted by Gasteiger charge is -2.23. The molecule has 2 aromatic rings. The van der Waals surface area contributed by atoms with E-state index in [1.54, 1.807) is 12.1 Å². The molecule has 148 valence electrons. The van der Waals surface area contributed by atoms with Gasteiger partial charge in [0, 0.05) is 11.6 Å². The second-order valence-electron chi connectivity index (χ2n) is 6.05. The quantitative estimate of drug-likeness (QED) is 0.736. The van der Waals surface area contributed by atoms with Gasteiger partial charge in [-0.15, -0.1) is 0 Å². The minimum Gasteiger partial charge on any atom is -0.475 e. The van der Waals surface area contributed by atoms with E-state index in [9.17, 15) is 17.6 Å². The Labute approximate surface area is 157 Å². The molecule has 27 heavy (non-hydrogen) atoms. The Morgan fingerprint density at radius 3 is 2.41 bits per heavy atom. The van der Waals surface area contributed by atoms with Crippen molar-refractivity contribution in [1.29, 1.82) is 0 Å². The van der Waals surface area contributed by atoms with E-state index in [-0.39, 0.29) is 5.02 Å². The van der Waals surface area contributed by atoms with Gasteiger partial charge in [-0.1, -0.05) is 11.6 Å². The molecule has 0 radical (unpaired) electrons. The molecule has 1 saturated heterocycles. The van der Waals surface area contributed by atoms with E-state index in [0.717, 1.165) is 37.3 Å². The third kappa shape index (κ3) is 5.67. The van der Waals surface area contributed by atoms with Crippen LogP contribution >= 0.6 is 11.6 Å². The van der Waals surface area contributed by atoms with Gasteiger partial charge >= 0.3 is 12.1 Å². The SMILES string of the molecule is Cc1cc(C2CCNCC2)n(-c2ccc(F)c(Cl)c2)n1.O=C(O)C(F)(F)F. The minimum absolute atomic E-state index is 0.131. The largest absolute Gasteiger partial charge is 0.490 e. The molecule has 5 nitrogen and oxygen atoms in total. The highest BCUT2D eigenvalue weighted by Gasteiger charge is 2.38. The van der Waals surface area contributed by atoms with Crippen LogP contribution in [-0.2, 0) is 4.79 Å². The van der Waals surface area contributed by atoms with Crippen molar-refractivity contribution in [2.24, 2.45) is 0 Å². The number of benzene rings is 1. The van der Waals surface area contributed by atoms with Crippen LogP contribution in [0.5, 0.6) is 0 Å². The van der Waals surface area contributed by atoms with Crippen molar-refractivity contribution in [3.05, 3.63) is 46.5 Å². The zero-order valence-corrected chi connectivity index (χ0v) is 15.1. The monoisotopic (exact) mass is 407 g/mol. The number of rotatable bonds is 2. The first-order chi connectivity index (χ1) is 12.6. The van der Waals surface area contributed by atoms with Crippen LogP contribution in [0.25, 0.3) is 5.69 Å². The molecule has 1 aliphatic rings. The molecule has 1 fully saturated rings. The Bertz CT molecular complexity index is 802. The first-order valence-electron chi connectivity index (χ1n) is 8.12. The standard InChI is InChI=1S/C15H17ClFN3.C2HF3O2/c1-10-8-15(11-4-6-18-7-5-11)20(19-10)12-2-3-14(17)13(16)9-12;3-2(4,5)1(6)7/h2-3,8-9,11,18H,4-7H2,1H3;(H,6,7). The Morgan fingerprint density at radius 2 is 1.89 bits per heavy atom. The molecule has 0 bridgehead atoms. The van der Waals surface area contributed by atoms with Crippen LogP contribution in [0.2, 0.25) is 5.02 Å². The number of aryl methyl sites for hydroxylation is 1. The fourth-order valence-corrected chi connectivity index (χ4v) is 2.93. The lowest BCUT2D eigenvalue weighted by Crippen LogP contribution is -2.27. The topological polar surface area (TPSA) is 67.2 Å². The molecule has 0 unspecified atom stereocenters. The van der Waals surface area contributed by atoms with Crippen molar-refractivity contribution in [3.63, 3.8) is 0 Å². The summed E-state index contributed by atoms with van der Waals surface area (Å²) >= 11 is 5.88. The number of hydrogen-bond donors (Lipinski definition) is 2. The average molecular weight is 408 g/mol. The van der Waals surface area contributed by atoms with E-state index < -0.39 is 18.0 Å². The number of carbonyl (C=O) groups is 1. The van der Waals surface area contributed by atoms with Crippen molar-refractivity contribution >= 4 is 17.6 Å². The number of hydrogen-bond acceptors (Lipinski definition) is 3. The van der Waals surface area contributed by atoms with Gasteiger partial charge in [0.1, 0.15) is 5.82 Å². The van der Waals surface area contributed by atoms with E-state index in [1.165, 1.54) is 11.8 Å². The lowest BCUT2D eigenvalue weighted by atomic mass is 9.94. The van der Waals surface area contributed by atoms with Crippen LogP contribution in [-0.4, -0.2) is 40.1 Å². The second-order valence-corrected chi connectivity index (χ2v) is 6.46. The van der Waals surface area contributed by atoms with Crippen LogP contribution in [0.4, 0.5) is 17.6 Å². The van der Waals surface area contributed by atoms with Gasteiger partial charge in [-0.05, 0) is 57.1 Å². The number of carboxylic acid groups (broad SMARTS) is 1. The maximum Gasteiger partial charge on any atom is 0.490 e. The number of aliphatic carboxylic acids is 1. The highest BCUT2D eigenvalue weighted by molar-refractivity contribution is 6.30. The summed E-state index contributed by atoms with van der Waals surface area (Å²) in [6.45, 7) is 4.03. The van der Waals surface area contributed by atoms with Crippen LogP contribution in [0.1, 0.15) is 30.1 Å². The molecule has 0 spiro atoms. The maximum atomic E-state index is 13.3. The molecule has 1 aliphatic heterocycles. The van der Waals surface area contributed by atoms with E-state index in [2.05, 4.69) is 16.5 Å². The van der Waals surface area contributed by atoms with Crippen LogP contribution in [0.3, 0.4) is 0 Å². The van der Waals surface area contributed by atoms with Gasteiger partial charge in [0.05, 0.1) is 16.4 Å². The zero-order chi connectivity index (χ0) is 20.2. The van der Waals surface area contributed by atoms with E-state index >= 15 is 0 Å². The van der Waals surface area contributed by atoms with Crippen molar-refractivity contribution in [3.8, 4) is 5.69 Å². The van der Waals surface area contributed by atoms with Gasteiger partial charge in [0.2, 0.25) is 0 Å². The first-order valence-corrected chi connectivity index (χ1v) is 8.50. The van der Waals surface area contributed by atoms with Crippen molar-refractivity contribution in [2.75, 3.05) is 13.1 Å². The molecule has 0 aliphatic carbocycles. The van der Waals surface area contributed by atoms with E-state index in [0.29, 0.717) is 5.92 Å². The molecule has 10 heteroatoms.